The van der Waals surface area contributed by atoms with Crippen molar-refractivity contribution in [2.24, 2.45) is 5.41 Å². The van der Waals surface area contributed by atoms with Gasteiger partial charge in [-0.2, -0.15) is 0 Å². The minimum Gasteiger partial charge on any atom is -0.478 e. The fraction of sp³-hybridized carbons (Fsp3) is 0.357. The van der Waals surface area contributed by atoms with E-state index in [1.54, 1.807) is 12.1 Å². The first kappa shape index (κ1) is 13.0. The third-order valence-electron chi connectivity index (χ3n) is 3.39. The lowest BCUT2D eigenvalue weighted by Gasteiger charge is -2.13. The van der Waals surface area contributed by atoms with Crippen LogP contribution < -0.4 is 5.73 Å². The van der Waals surface area contributed by atoms with Crippen molar-refractivity contribution in [1.29, 1.82) is 0 Å². The van der Waals surface area contributed by atoms with Crippen LogP contribution >= 0.6 is 11.6 Å². The van der Waals surface area contributed by atoms with Crippen LogP contribution in [0.25, 0.3) is 5.57 Å². The smallest absolute Gasteiger partial charge is 0.328 e. The maximum atomic E-state index is 10.9. The van der Waals surface area contributed by atoms with E-state index in [-0.39, 0.29) is 5.41 Å². The van der Waals surface area contributed by atoms with Crippen LogP contribution in [-0.4, -0.2) is 11.1 Å². The highest BCUT2D eigenvalue weighted by Gasteiger charge is 2.38. The van der Waals surface area contributed by atoms with Gasteiger partial charge in [0.1, 0.15) is 0 Å². The quantitative estimate of drug-likeness (QED) is 0.646. The van der Waals surface area contributed by atoms with E-state index in [1.165, 1.54) is 6.08 Å². The van der Waals surface area contributed by atoms with Crippen molar-refractivity contribution < 1.29 is 9.90 Å². The van der Waals surface area contributed by atoms with Crippen LogP contribution in [0.3, 0.4) is 0 Å². The minimum absolute atomic E-state index is 0.246. The molecule has 0 aromatic heterocycles. The summed E-state index contributed by atoms with van der Waals surface area (Å²) in [5, 5.41) is 9.44. The van der Waals surface area contributed by atoms with Crippen molar-refractivity contribution in [1.82, 2.24) is 0 Å². The molecule has 0 bridgehead atoms. The number of anilines is 1. The molecule has 0 heterocycles. The number of allylic oxidation sites excluding steroid dienone is 1. The average molecular weight is 266 g/mol. The number of carboxylic acids is 1. The number of nitrogen functional groups attached to an aromatic ring is 1. The Kier molecular flexibility index (Phi) is 3.35. The predicted octanol–water partition coefficient (Wildman–Crippen LogP) is 3.58. The van der Waals surface area contributed by atoms with Gasteiger partial charge in [0, 0.05) is 6.08 Å². The third kappa shape index (κ3) is 3.05. The molecule has 0 unspecified atom stereocenters. The summed E-state index contributed by atoms with van der Waals surface area (Å²) < 4.78 is 0. The second-order valence-electron chi connectivity index (χ2n) is 5.23. The Balaban J connectivity index is 2.33. The van der Waals surface area contributed by atoms with Crippen LogP contribution in [-0.2, 0) is 4.79 Å². The topological polar surface area (TPSA) is 63.3 Å². The van der Waals surface area contributed by atoms with E-state index < -0.39 is 5.97 Å². The Morgan fingerprint density at radius 3 is 2.72 bits per heavy atom. The second kappa shape index (κ2) is 4.65. The van der Waals surface area contributed by atoms with Crippen LogP contribution in [0.5, 0.6) is 0 Å². The molecule has 1 aliphatic rings. The predicted molar refractivity (Wildman–Crippen MR) is 73.4 cm³/mol. The average Bonchev–Trinajstić information content (AvgIpc) is 2.99. The summed E-state index contributed by atoms with van der Waals surface area (Å²) in [6.07, 6.45) is 4.33. The van der Waals surface area contributed by atoms with E-state index in [0.717, 1.165) is 30.4 Å². The van der Waals surface area contributed by atoms with E-state index >= 15 is 0 Å². The van der Waals surface area contributed by atoms with Gasteiger partial charge in [-0.05, 0) is 47.9 Å². The Morgan fingerprint density at radius 1 is 1.56 bits per heavy atom. The van der Waals surface area contributed by atoms with Crippen LogP contribution in [0.4, 0.5) is 5.69 Å². The largest absolute Gasteiger partial charge is 0.478 e. The molecule has 1 aromatic rings. The molecule has 3 N–H and O–H groups in total. The summed E-state index contributed by atoms with van der Waals surface area (Å²) >= 11 is 5.88. The van der Waals surface area contributed by atoms with Crippen molar-refractivity contribution in [3.05, 3.63) is 34.9 Å². The van der Waals surface area contributed by atoms with Crippen molar-refractivity contribution in [2.45, 2.75) is 26.2 Å². The van der Waals surface area contributed by atoms with Gasteiger partial charge in [-0.25, -0.2) is 4.79 Å². The minimum atomic E-state index is -0.928. The number of aliphatic carboxylic acids is 1. The lowest BCUT2D eigenvalue weighted by Crippen LogP contribution is -2.00. The van der Waals surface area contributed by atoms with Gasteiger partial charge in [-0.3, -0.25) is 0 Å². The Morgan fingerprint density at radius 2 is 2.22 bits per heavy atom. The summed E-state index contributed by atoms with van der Waals surface area (Å²) in [6, 6.07) is 5.26. The van der Waals surface area contributed by atoms with Crippen molar-refractivity contribution in [3.63, 3.8) is 0 Å². The van der Waals surface area contributed by atoms with Crippen molar-refractivity contribution >= 4 is 28.8 Å². The van der Waals surface area contributed by atoms with Crippen LogP contribution in [0.15, 0.2) is 24.3 Å². The maximum Gasteiger partial charge on any atom is 0.328 e. The zero-order valence-electron chi connectivity index (χ0n) is 10.2. The van der Waals surface area contributed by atoms with E-state index in [4.69, 9.17) is 22.4 Å². The second-order valence-corrected chi connectivity index (χ2v) is 5.64. The highest BCUT2D eigenvalue weighted by Crippen LogP contribution is 2.51. The summed E-state index contributed by atoms with van der Waals surface area (Å²) in [7, 11) is 0. The van der Waals surface area contributed by atoms with Gasteiger partial charge >= 0.3 is 5.97 Å². The van der Waals surface area contributed by atoms with E-state index in [1.807, 2.05) is 6.07 Å². The molecule has 4 heteroatoms. The van der Waals surface area contributed by atoms with Gasteiger partial charge in [0.25, 0.3) is 0 Å². The normalized spacial score (nSPS) is 17.6. The zero-order valence-corrected chi connectivity index (χ0v) is 11.0. The number of halogens is 1. The summed E-state index contributed by atoms with van der Waals surface area (Å²) in [5.74, 6) is -0.928. The summed E-state index contributed by atoms with van der Waals surface area (Å²) in [4.78, 5) is 10.9. The zero-order chi connectivity index (χ0) is 13.3. The standard InChI is InChI=1S/C14H16ClNO2/c1-14(4-5-14)8-10(7-13(17)18)9-2-3-11(15)12(16)6-9/h2-3,6-7H,4-5,8,16H2,1H3,(H,17,18). The molecule has 1 saturated carbocycles. The molecular formula is C14H16ClNO2. The molecule has 3 nitrogen and oxygen atoms in total. The fourth-order valence-corrected chi connectivity index (χ4v) is 2.10. The molecule has 18 heavy (non-hydrogen) atoms. The summed E-state index contributed by atoms with van der Waals surface area (Å²) in [6.45, 7) is 2.17. The molecule has 1 aromatic carbocycles. The van der Waals surface area contributed by atoms with Gasteiger partial charge < -0.3 is 10.8 Å². The van der Waals surface area contributed by atoms with E-state index in [9.17, 15) is 4.79 Å². The molecule has 2 rings (SSSR count). The number of benzene rings is 1. The van der Waals surface area contributed by atoms with Gasteiger partial charge in [-0.15, -0.1) is 0 Å². The number of nitrogens with two attached hydrogens (primary N) is 1. The Hall–Kier alpha value is -1.48. The number of rotatable bonds is 4. The number of carbonyl (C=O) groups is 1. The van der Waals surface area contributed by atoms with Crippen molar-refractivity contribution in [2.75, 3.05) is 5.73 Å². The molecular weight excluding hydrogens is 250 g/mol. The molecule has 0 radical (unpaired) electrons. The first-order valence-electron chi connectivity index (χ1n) is 5.88. The molecule has 0 aliphatic heterocycles. The highest BCUT2D eigenvalue weighted by molar-refractivity contribution is 6.33. The SMILES string of the molecule is CC1(CC(=CC(=O)O)c2ccc(Cl)c(N)c2)CC1. The molecule has 0 spiro atoms. The molecule has 0 saturated heterocycles. The number of carboxylic acid groups (broad SMARTS) is 1. The first-order chi connectivity index (χ1) is 8.39. The molecule has 96 valence electrons. The van der Waals surface area contributed by atoms with Crippen LogP contribution in [0.1, 0.15) is 31.7 Å². The molecule has 0 amide bonds. The van der Waals surface area contributed by atoms with Crippen molar-refractivity contribution in [3.8, 4) is 0 Å². The lowest BCUT2D eigenvalue weighted by molar-refractivity contribution is -0.131. The molecule has 1 fully saturated rings. The number of hydrogen-bond donors (Lipinski definition) is 2. The van der Waals surface area contributed by atoms with Gasteiger partial charge in [0.2, 0.25) is 0 Å². The van der Waals surface area contributed by atoms with E-state index in [2.05, 4.69) is 6.92 Å². The van der Waals surface area contributed by atoms with Crippen LogP contribution in [0, 0.1) is 5.41 Å². The monoisotopic (exact) mass is 265 g/mol. The first-order valence-corrected chi connectivity index (χ1v) is 6.26. The Bertz CT molecular complexity index is 519. The van der Waals surface area contributed by atoms with Gasteiger partial charge in [0.05, 0.1) is 10.7 Å². The third-order valence-corrected chi connectivity index (χ3v) is 3.73. The van der Waals surface area contributed by atoms with E-state index in [0.29, 0.717) is 10.7 Å². The highest BCUT2D eigenvalue weighted by atomic mass is 35.5. The fourth-order valence-electron chi connectivity index (χ4n) is 1.98. The lowest BCUT2D eigenvalue weighted by atomic mass is 9.93. The number of hydrogen-bond acceptors (Lipinski definition) is 2. The molecule has 1 aliphatic carbocycles. The van der Waals surface area contributed by atoms with Crippen LogP contribution in [0.2, 0.25) is 5.02 Å². The summed E-state index contributed by atoms with van der Waals surface area (Å²) in [5.41, 5.74) is 8.14. The molecule has 0 atom stereocenters. The van der Waals surface area contributed by atoms with Gasteiger partial charge in [-0.1, -0.05) is 24.6 Å². The maximum absolute atomic E-state index is 10.9. The Labute approximate surface area is 111 Å². The van der Waals surface area contributed by atoms with Gasteiger partial charge in [0.15, 0.2) is 0 Å².